The molecule has 6 nitrogen and oxygen atoms in total. The maximum absolute atomic E-state index is 12.6. The number of nitrogens with one attached hydrogen (secondary N) is 1. The maximum atomic E-state index is 12.6. The fourth-order valence-corrected chi connectivity index (χ4v) is 4.54. The van der Waals surface area contributed by atoms with Gasteiger partial charge in [-0.2, -0.15) is 0 Å². The van der Waals surface area contributed by atoms with Gasteiger partial charge in [-0.05, 0) is 38.5 Å². The Balaban J connectivity index is 1.79. The van der Waals surface area contributed by atoms with Gasteiger partial charge in [0, 0.05) is 17.5 Å². The van der Waals surface area contributed by atoms with Gasteiger partial charge in [0.1, 0.15) is 4.83 Å². The maximum Gasteiger partial charge on any atom is 0.262 e. The number of amides is 1. The average Bonchev–Trinajstić information content (AvgIpc) is 2.91. The van der Waals surface area contributed by atoms with E-state index in [1.807, 2.05) is 13.8 Å². The number of benzene rings is 1. The lowest BCUT2D eigenvalue weighted by Gasteiger charge is -2.10. The Labute approximate surface area is 164 Å². The fraction of sp³-hybridized carbons (Fsp3) is 0.263. The van der Waals surface area contributed by atoms with Crippen LogP contribution in [0.15, 0.2) is 34.2 Å². The van der Waals surface area contributed by atoms with Crippen LogP contribution in [0.25, 0.3) is 10.2 Å². The van der Waals surface area contributed by atoms with E-state index in [-0.39, 0.29) is 23.0 Å². The Kier molecular flexibility index (Phi) is 5.48. The van der Waals surface area contributed by atoms with Crippen molar-refractivity contribution in [2.45, 2.75) is 25.9 Å². The predicted molar refractivity (Wildman–Crippen MR) is 110 cm³/mol. The summed E-state index contributed by atoms with van der Waals surface area (Å²) >= 11 is 2.68. The van der Waals surface area contributed by atoms with Crippen LogP contribution in [0.3, 0.4) is 0 Å². The summed E-state index contributed by atoms with van der Waals surface area (Å²) in [6.45, 7) is 5.34. The summed E-state index contributed by atoms with van der Waals surface area (Å²) in [5.74, 6) is -0.292. The molecule has 140 valence electrons. The number of hydrogen-bond donors (Lipinski definition) is 1. The first kappa shape index (κ1) is 19.3. The molecule has 0 unspecified atom stereocenters. The van der Waals surface area contributed by atoms with Gasteiger partial charge in [-0.3, -0.25) is 19.0 Å². The van der Waals surface area contributed by atoms with Crippen LogP contribution in [0.4, 0.5) is 5.69 Å². The molecule has 0 aliphatic rings. The summed E-state index contributed by atoms with van der Waals surface area (Å²) in [6, 6.07) is 6.87. The molecule has 0 saturated heterocycles. The van der Waals surface area contributed by atoms with E-state index >= 15 is 0 Å². The molecule has 2 aromatic heterocycles. The van der Waals surface area contributed by atoms with Crippen molar-refractivity contribution in [3.63, 3.8) is 0 Å². The van der Waals surface area contributed by atoms with Gasteiger partial charge in [-0.25, -0.2) is 4.98 Å². The highest BCUT2D eigenvalue weighted by molar-refractivity contribution is 7.99. The van der Waals surface area contributed by atoms with Crippen molar-refractivity contribution >= 4 is 50.7 Å². The number of carbonyl (C=O) groups excluding carboxylic acids is 2. The number of hydrogen-bond acceptors (Lipinski definition) is 6. The van der Waals surface area contributed by atoms with Crippen LogP contribution in [0.2, 0.25) is 0 Å². The van der Waals surface area contributed by atoms with Crippen molar-refractivity contribution in [2.75, 3.05) is 11.1 Å². The number of thiophene rings is 1. The smallest absolute Gasteiger partial charge is 0.262 e. The van der Waals surface area contributed by atoms with Crippen LogP contribution in [-0.2, 0) is 11.8 Å². The van der Waals surface area contributed by atoms with Crippen molar-refractivity contribution in [1.82, 2.24) is 9.55 Å². The second kappa shape index (κ2) is 7.66. The van der Waals surface area contributed by atoms with Crippen molar-refractivity contribution in [1.29, 1.82) is 0 Å². The zero-order valence-electron chi connectivity index (χ0n) is 15.5. The van der Waals surface area contributed by atoms with Crippen LogP contribution in [-0.4, -0.2) is 27.0 Å². The molecule has 2 heterocycles. The number of carbonyl (C=O) groups is 2. The van der Waals surface area contributed by atoms with E-state index in [9.17, 15) is 14.4 Å². The van der Waals surface area contributed by atoms with Crippen LogP contribution in [0, 0.1) is 13.8 Å². The second-order valence-electron chi connectivity index (χ2n) is 6.16. The number of rotatable bonds is 5. The summed E-state index contributed by atoms with van der Waals surface area (Å²) in [5.41, 5.74) is 1.80. The SMILES string of the molecule is CC(=O)c1ccccc1NC(=O)CSc1nc2sc(C)c(C)c2c(=O)n1C. The molecule has 0 aliphatic carbocycles. The third-order valence-corrected chi connectivity index (χ3v) is 6.41. The molecule has 0 bridgehead atoms. The first-order valence-electron chi connectivity index (χ1n) is 8.29. The van der Waals surface area contributed by atoms with Gasteiger partial charge in [0.15, 0.2) is 10.9 Å². The lowest BCUT2D eigenvalue weighted by atomic mass is 10.1. The Morgan fingerprint density at radius 1 is 1.26 bits per heavy atom. The Morgan fingerprint density at radius 3 is 2.67 bits per heavy atom. The molecule has 1 N–H and O–H groups in total. The molecule has 0 spiro atoms. The second-order valence-corrected chi connectivity index (χ2v) is 8.31. The number of aryl methyl sites for hydroxylation is 2. The van der Waals surface area contributed by atoms with Crippen molar-refractivity contribution in [3.8, 4) is 0 Å². The topological polar surface area (TPSA) is 81.1 Å². The van der Waals surface area contributed by atoms with Gasteiger partial charge in [-0.15, -0.1) is 11.3 Å². The minimum absolute atomic E-state index is 0.0847. The minimum Gasteiger partial charge on any atom is -0.325 e. The molecule has 0 atom stereocenters. The monoisotopic (exact) mass is 401 g/mol. The normalized spacial score (nSPS) is 11.0. The Hall–Kier alpha value is -2.45. The lowest BCUT2D eigenvalue weighted by Crippen LogP contribution is -2.21. The highest BCUT2D eigenvalue weighted by Crippen LogP contribution is 2.28. The number of para-hydroxylation sites is 1. The summed E-state index contributed by atoms with van der Waals surface area (Å²) in [5, 5.41) is 3.89. The van der Waals surface area contributed by atoms with Gasteiger partial charge < -0.3 is 5.32 Å². The van der Waals surface area contributed by atoms with Gasteiger partial charge in [0.05, 0.1) is 16.8 Å². The summed E-state index contributed by atoms with van der Waals surface area (Å²) < 4.78 is 1.48. The molecule has 1 amide bonds. The summed E-state index contributed by atoms with van der Waals surface area (Å²) in [4.78, 5) is 42.9. The van der Waals surface area contributed by atoms with Crippen molar-refractivity contribution in [2.24, 2.45) is 7.05 Å². The molecule has 0 radical (unpaired) electrons. The molecular weight excluding hydrogens is 382 g/mol. The highest BCUT2D eigenvalue weighted by Gasteiger charge is 2.16. The molecule has 0 fully saturated rings. The van der Waals surface area contributed by atoms with Crippen LogP contribution in [0.5, 0.6) is 0 Å². The summed E-state index contributed by atoms with van der Waals surface area (Å²) in [6.07, 6.45) is 0. The van der Waals surface area contributed by atoms with E-state index in [0.717, 1.165) is 10.4 Å². The van der Waals surface area contributed by atoms with Gasteiger partial charge in [-0.1, -0.05) is 23.9 Å². The van der Waals surface area contributed by atoms with E-state index in [2.05, 4.69) is 10.3 Å². The average molecular weight is 402 g/mol. The number of nitrogens with zero attached hydrogens (tertiary/aromatic N) is 2. The highest BCUT2D eigenvalue weighted by atomic mass is 32.2. The zero-order valence-corrected chi connectivity index (χ0v) is 17.1. The van der Waals surface area contributed by atoms with E-state index in [1.165, 1.54) is 34.6 Å². The minimum atomic E-state index is -0.262. The first-order valence-corrected chi connectivity index (χ1v) is 10.1. The number of fused-ring (bicyclic) bond motifs is 1. The Bertz CT molecular complexity index is 1120. The molecule has 0 aliphatic heterocycles. The van der Waals surface area contributed by atoms with Crippen molar-refractivity contribution in [3.05, 3.63) is 50.6 Å². The first-order chi connectivity index (χ1) is 12.8. The van der Waals surface area contributed by atoms with Gasteiger partial charge in [0.2, 0.25) is 5.91 Å². The van der Waals surface area contributed by atoms with Gasteiger partial charge in [0.25, 0.3) is 5.56 Å². The van der Waals surface area contributed by atoms with E-state index < -0.39 is 0 Å². The standard InChI is InChI=1S/C19H19N3O3S2/c1-10-12(3)27-17-16(10)18(25)22(4)19(21-17)26-9-15(24)20-14-8-6-5-7-13(14)11(2)23/h5-8H,9H2,1-4H3,(H,20,24). The third-order valence-electron chi connectivity index (χ3n) is 4.28. The molecule has 1 aromatic carbocycles. The number of Topliss-reactive ketones (excluding diaryl/α,β-unsaturated/α-hetero) is 1. The molecule has 0 saturated carbocycles. The summed E-state index contributed by atoms with van der Waals surface area (Å²) in [7, 11) is 1.66. The van der Waals surface area contributed by atoms with E-state index in [0.29, 0.717) is 26.6 Å². The van der Waals surface area contributed by atoms with Crippen molar-refractivity contribution < 1.29 is 9.59 Å². The molecule has 3 aromatic rings. The van der Waals surface area contributed by atoms with E-state index in [1.54, 1.807) is 31.3 Å². The van der Waals surface area contributed by atoms with E-state index in [4.69, 9.17) is 0 Å². The largest absolute Gasteiger partial charge is 0.325 e. The van der Waals surface area contributed by atoms with Gasteiger partial charge >= 0.3 is 0 Å². The molecular formula is C19H19N3O3S2. The number of ketones is 1. The number of aromatic nitrogens is 2. The number of anilines is 1. The fourth-order valence-electron chi connectivity index (χ4n) is 2.70. The zero-order chi connectivity index (χ0) is 19.7. The van der Waals surface area contributed by atoms with Crippen LogP contribution < -0.4 is 10.9 Å². The molecule has 27 heavy (non-hydrogen) atoms. The Morgan fingerprint density at radius 2 is 1.96 bits per heavy atom. The lowest BCUT2D eigenvalue weighted by molar-refractivity contribution is -0.113. The molecule has 3 rings (SSSR count). The predicted octanol–water partition coefficient (Wildman–Crippen LogP) is 3.55. The van der Waals surface area contributed by atoms with Crippen LogP contribution in [0.1, 0.15) is 27.7 Å². The number of thioether (sulfide) groups is 1. The molecule has 8 heteroatoms. The van der Waals surface area contributed by atoms with Crippen LogP contribution >= 0.6 is 23.1 Å². The third kappa shape index (κ3) is 3.81. The quantitative estimate of drug-likeness (QED) is 0.402.